The van der Waals surface area contributed by atoms with Crippen LogP contribution in [0.3, 0.4) is 0 Å². The Morgan fingerprint density at radius 1 is 1.13 bits per heavy atom. The fraction of sp³-hybridized carbons (Fsp3) is 0.316. The summed E-state index contributed by atoms with van der Waals surface area (Å²) in [7, 11) is 0. The lowest BCUT2D eigenvalue weighted by molar-refractivity contribution is 0.0924. The first-order chi connectivity index (χ1) is 11.3. The number of carbonyl (C=O) groups excluding carboxylic acids is 1. The summed E-state index contributed by atoms with van der Waals surface area (Å²) < 4.78 is 2.13. The standard InChI is InChI=1S/C19H19N3O/c23-19(20-17-12-21-8-6-15(17)11-21)14-5-4-13-9-16-3-1-2-7-22(16)18(13)10-14/h1-5,7,9-10,15,17H,6,8,11-12H2,(H,20,23). The summed E-state index contributed by atoms with van der Waals surface area (Å²) in [6.07, 6.45) is 3.26. The Morgan fingerprint density at radius 2 is 2.09 bits per heavy atom. The first-order valence-corrected chi connectivity index (χ1v) is 8.31. The molecule has 2 bridgehead atoms. The Labute approximate surface area is 134 Å². The molecule has 1 aromatic carbocycles. The van der Waals surface area contributed by atoms with Crippen LogP contribution in [-0.2, 0) is 0 Å². The molecule has 4 heterocycles. The van der Waals surface area contributed by atoms with Crippen LogP contribution in [-0.4, -0.2) is 40.9 Å². The summed E-state index contributed by atoms with van der Waals surface area (Å²) in [6, 6.07) is 14.6. The van der Waals surface area contributed by atoms with Crippen molar-refractivity contribution in [1.82, 2.24) is 14.6 Å². The number of nitrogens with zero attached hydrogens (tertiary/aromatic N) is 2. The van der Waals surface area contributed by atoms with Crippen molar-refractivity contribution in [3.05, 3.63) is 54.2 Å². The predicted molar refractivity (Wildman–Crippen MR) is 90.7 cm³/mol. The van der Waals surface area contributed by atoms with Gasteiger partial charge in [-0.15, -0.1) is 0 Å². The van der Waals surface area contributed by atoms with Crippen molar-refractivity contribution in [3.8, 4) is 0 Å². The third-order valence-electron chi connectivity index (χ3n) is 5.40. The third kappa shape index (κ3) is 2.05. The van der Waals surface area contributed by atoms with Crippen LogP contribution < -0.4 is 5.32 Å². The Bertz CT molecular complexity index is 913. The molecule has 3 unspecified atom stereocenters. The minimum Gasteiger partial charge on any atom is -0.348 e. The number of hydrogen-bond donors (Lipinski definition) is 1. The number of benzene rings is 1. The quantitative estimate of drug-likeness (QED) is 0.790. The minimum absolute atomic E-state index is 0.0523. The van der Waals surface area contributed by atoms with Crippen molar-refractivity contribution < 1.29 is 4.79 Å². The molecule has 4 nitrogen and oxygen atoms in total. The van der Waals surface area contributed by atoms with Gasteiger partial charge in [-0.1, -0.05) is 12.1 Å². The summed E-state index contributed by atoms with van der Waals surface area (Å²) in [5.41, 5.74) is 2.99. The molecular formula is C19H19N3O. The van der Waals surface area contributed by atoms with Crippen molar-refractivity contribution >= 4 is 22.3 Å². The lowest BCUT2D eigenvalue weighted by atomic mass is 9.99. The van der Waals surface area contributed by atoms with E-state index in [9.17, 15) is 4.79 Å². The summed E-state index contributed by atoms with van der Waals surface area (Å²) >= 11 is 0. The van der Waals surface area contributed by atoms with E-state index in [1.807, 2.05) is 36.5 Å². The number of amides is 1. The average Bonchev–Trinajstić information content (AvgIpc) is 3.27. The lowest BCUT2D eigenvalue weighted by Crippen LogP contribution is -2.43. The van der Waals surface area contributed by atoms with Crippen molar-refractivity contribution in [2.24, 2.45) is 5.92 Å². The Kier molecular flexibility index (Phi) is 2.76. The van der Waals surface area contributed by atoms with Gasteiger partial charge < -0.3 is 14.6 Å². The molecule has 2 aromatic heterocycles. The van der Waals surface area contributed by atoms with Gasteiger partial charge in [0.1, 0.15) is 0 Å². The number of nitrogens with one attached hydrogen (secondary N) is 1. The summed E-state index contributed by atoms with van der Waals surface area (Å²) in [5.74, 6) is 0.688. The van der Waals surface area contributed by atoms with Crippen molar-refractivity contribution in [3.63, 3.8) is 0 Å². The molecule has 0 spiro atoms. The van der Waals surface area contributed by atoms with E-state index in [4.69, 9.17) is 0 Å². The zero-order valence-electron chi connectivity index (χ0n) is 12.9. The van der Waals surface area contributed by atoms with E-state index in [2.05, 4.69) is 26.8 Å². The number of rotatable bonds is 2. The van der Waals surface area contributed by atoms with Crippen molar-refractivity contribution in [2.45, 2.75) is 12.5 Å². The van der Waals surface area contributed by atoms with Gasteiger partial charge >= 0.3 is 0 Å². The number of aromatic nitrogens is 1. The van der Waals surface area contributed by atoms with Crippen molar-refractivity contribution in [1.29, 1.82) is 0 Å². The second kappa shape index (κ2) is 4.83. The molecule has 1 N–H and O–H groups in total. The van der Waals surface area contributed by atoms with Gasteiger partial charge in [-0.05, 0) is 49.2 Å². The molecular weight excluding hydrogens is 286 g/mol. The molecule has 2 fully saturated rings. The minimum atomic E-state index is 0.0523. The van der Waals surface area contributed by atoms with Crippen LogP contribution in [0.25, 0.3) is 16.4 Å². The fourth-order valence-electron chi connectivity index (χ4n) is 4.17. The van der Waals surface area contributed by atoms with E-state index in [0.29, 0.717) is 12.0 Å². The summed E-state index contributed by atoms with van der Waals surface area (Å²) in [5, 5.41) is 4.41. The molecule has 2 saturated heterocycles. The topological polar surface area (TPSA) is 36.8 Å². The monoisotopic (exact) mass is 305 g/mol. The molecule has 4 heteroatoms. The summed E-state index contributed by atoms with van der Waals surface area (Å²) in [4.78, 5) is 15.1. The van der Waals surface area contributed by atoms with E-state index < -0.39 is 0 Å². The van der Waals surface area contributed by atoms with Crippen LogP contribution in [0.1, 0.15) is 16.8 Å². The van der Waals surface area contributed by atoms with Crippen LogP contribution >= 0.6 is 0 Å². The van der Waals surface area contributed by atoms with E-state index >= 15 is 0 Å². The molecule has 0 saturated carbocycles. The first-order valence-electron chi connectivity index (χ1n) is 8.31. The first kappa shape index (κ1) is 13.1. The molecule has 23 heavy (non-hydrogen) atoms. The molecule has 1 amide bonds. The van der Waals surface area contributed by atoms with Crippen LogP contribution in [0, 0.1) is 5.92 Å². The maximum absolute atomic E-state index is 12.6. The van der Waals surface area contributed by atoms with Gasteiger partial charge in [0.2, 0.25) is 0 Å². The zero-order chi connectivity index (χ0) is 15.4. The van der Waals surface area contributed by atoms with Gasteiger partial charge in [-0.3, -0.25) is 4.79 Å². The van der Waals surface area contributed by atoms with E-state index in [1.54, 1.807) is 0 Å². The lowest BCUT2D eigenvalue weighted by Gasteiger charge is -2.23. The number of fused-ring (bicyclic) bond motifs is 5. The van der Waals surface area contributed by atoms with Crippen LogP contribution in [0.5, 0.6) is 0 Å². The van der Waals surface area contributed by atoms with Gasteiger partial charge in [0, 0.05) is 41.8 Å². The van der Waals surface area contributed by atoms with Crippen molar-refractivity contribution in [2.75, 3.05) is 19.6 Å². The van der Waals surface area contributed by atoms with E-state index in [-0.39, 0.29) is 5.91 Å². The molecule has 0 aliphatic carbocycles. The second-order valence-corrected chi connectivity index (χ2v) is 6.80. The maximum atomic E-state index is 12.6. The smallest absolute Gasteiger partial charge is 0.251 e. The number of carbonyl (C=O) groups is 1. The highest BCUT2D eigenvalue weighted by atomic mass is 16.1. The van der Waals surface area contributed by atoms with Crippen LogP contribution in [0.2, 0.25) is 0 Å². The normalized spacial score (nSPS) is 26.2. The van der Waals surface area contributed by atoms with E-state index in [1.165, 1.54) is 18.4 Å². The molecule has 0 radical (unpaired) electrons. The van der Waals surface area contributed by atoms with Gasteiger partial charge in [-0.25, -0.2) is 0 Å². The Balaban J connectivity index is 1.47. The van der Waals surface area contributed by atoms with Crippen LogP contribution in [0.4, 0.5) is 0 Å². The third-order valence-corrected chi connectivity index (χ3v) is 5.40. The highest BCUT2D eigenvalue weighted by molar-refractivity contribution is 5.99. The largest absolute Gasteiger partial charge is 0.348 e. The SMILES string of the molecule is O=C(NC1CN2CCC1C2)c1ccc2cc3ccccn3c2c1. The Morgan fingerprint density at radius 3 is 2.91 bits per heavy atom. The van der Waals surface area contributed by atoms with Gasteiger partial charge in [0.15, 0.2) is 0 Å². The zero-order valence-corrected chi connectivity index (χ0v) is 12.9. The molecule has 3 aromatic rings. The molecule has 3 atom stereocenters. The molecule has 2 aliphatic heterocycles. The Hall–Kier alpha value is -2.33. The second-order valence-electron chi connectivity index (χ2n) is 6.80. The predicted octanol–water partition coefficient (Wildman–Crippen LogP) is 2.53. The molecule has 2 aliphatic rings. The van der Waals surface area contributed by atoms with Crippen LogP contribution in [0.15, 0.2) is 48.7 Å². The number of hydrogen-bond acceptors (Lipinski definition) is 2. The van der Waals surface area contributed by atoms with Gasteiger partial charge in [0.05, 0.1) is 5.52 Å². The van der Waals surface area contributed by atoms with Gasteiger partial charge in [-0.2, -0.15) is 0 Å². The average molecular weight is 305 g/mol. The number of pyridine rings is 1. The highest BCUT2D eigenvalue weighted by Gasteiger charge is 2.38. The number of piperidine rings is 1. The fourth-order valence-corrected chi connectivity index (χ4v) is 4.17. The van der Waals surface area contributed by atoms with E-state index in [0.717, 1.165) is 29.7 Å². The summed E-state index contributed by atoms with van der Waals surface area (Å²) in [6.45, 7) is 3.35. The maximum Gasteiger partial charge on any atom is 0.251 e. The van der Waals surface area contributed by atoms with Gasteiger partial charge in [0.25, 0.3) is 5.91 Å². The highest BCUT2D eigenvalue weighted by Crippen LogP contribution is 2.28. The molecule has 5 rings (SSSR count). The molecule has 116 valence electrons.